The average molecular weight is 761 g/mol. The highest BCUT2D eigenvalue weighted by molar-refractivity contribution is 7.23. The predicted molar refractivity (Wildman–Crippen MR) is 196 cm³/mol. The zero-order chi connectivity index (χ0) is 37.1. The highest BCUT2D eigenvalue weighted by Crippen LogP contribution is 2.50. The Hall–Kier alpha value is -4.75. The molecule has 2 N–H and O–H groups in total. The second kappa shape index (κ2) is 13.6. The first-order chi connectivity index (χ1) is 25.4. The summed E-state index contributed by atoms with van der Waals surface area (Å²) in [6, 6.07) is 6.94. The molecule has 274 valence electrons. The maximum atomic E-state index is 15.5. The van der Waals surface area contributed by atoms with Gasteiger partial charge in [0.25, 0.3) is 0 Å². The molecule has 16 heteroatoms. The Morgan fingerprint density at radius 2 is 2.04 bits per heavy atom. The number of hydrogen-bond acceptors (Lipinski definition) is 12. The Morgan fingerprint density at radius 3 is 2.81 bits per heavy atom. The van der Waals surface area contributed by atoms with Gasteiger partial charge in [-0.2, -0.15) is 25.4 Å². The highest BCUT2D eigenvalue weighted by Gasteiger charge is 2.49. The summed E-state index contributed by atoms with van der Waals surface area (Å²) < 4.78 is 48.1. The summed E-state index contributed by atoms with van der Waals surface area (Å²) in [5.41, 5.74) is 2.55. The Morgan fingerprint density at radius 1 is 1.21 bits per heavy atom. The van der Waals surface area contributed by atoms with E-state index in [1.165, 1.54) is 6.07 Å². The lowest BCUT2D eigenvalue weighted by Gasteiger charge is -2.30. The summed E-state index contributed by atoms with van der Waals surface area (Å²) >= 11 is 8.32. The molecule has 0 radical (unpaired) electrons. The first-order valence-corrected chi connectivity index (χ1v) is 18.4. The second-order valence-corrected chi connectivity index (χ2v) is 15.9. The third-order valence-electron chi connectivity index (χ3n) is 9.90. The molecule has 1 amide bonds. The molecule has 2 aromatic carbocycles. The Kier molecular flexibility index (Phi) is 9.05. The fraction of sp³-hybridized carbons (Fsp3) is 0.405. The molecular formula is C37H35ClF2N8O4S. The molecule has 3 aliphatic heterocycles. The van der Waals surface area contributed by atoms with Crippen molar-refractivity contribution in [2.45, 2.75) is 77.1 Å². The van der Waals surface area contributed by atoms with Crippen molar-refractivity contribution in [2.24, 2.45) is 0 Å². The molecule has 0 aliphatic carbocycles. The summed E-state index contributed by atoms with van der Waals surface area (Å²) in [5.74, 6) is -0.112. The largest absolute Gasteiger partial charge is 0.461 e. The predicted octanol–water partition coefficient (Wildman–Crippen LogP) is 7.91. The van der Waals surface area contributed by atoms with E-state index in [-0.39, 0.29) is 51.5 Å². The number of rotatable bonds is 8. The normalized spacial score (nSPS) is 19.7. The van der Waals surface area contributed by atoms with Gasteiger partial charge >= 0.3 is 12.1 Å². The van der Waals surface area contributed by atoms with Gasteiger partial charge in [-0.25, -0.2) is 13.6 Å². The molecule has 2 atom stereocenters. The van der Waals surface area contributed by atoms with Gasteiger partial charge in [0.05, 0.1) is 51.1 Å². The summed E-state index contributed by atoms with van der Waals surface area (Å²) in [6.07, 6.45) is 3.69. The van der Waals surface area contributed by atoms with E-state index < -0.39 is 29.2 Å². The number of nitriles is 1. The molecule has 53 heavy (non-hydrogen) atoms. The number of benzene rings is 2. The zero-order valence-corrected chi connectivity index (χ0v) is 30.8. The van der Waals surface area contributed by atoms with Crippen LogP contribution in [0.1, 0.15) is 62.3 Å². The van der Waals surface area contributed by atoms with Gasteiger partial charge in [0, 0.05) is 36.7 Å². The summed E-state index contributed by atoms with van der Waals surface area (Å²) in [7, 11) is 0. The van der Waals surface area contributed by atoms with Crippen LogP contribution >= 0.6 is 22.9 Å². The number of amides is 1. The number of ether oxygens (including phenoxy) is 3. The van der Waals surface area contributed by atoms with Crippen molar-refractivity contribution < 1.29 is 27.8 Å². The fourth-order valence-corrected chi connectivity index (χ4v) is 9.13. The third kappa shape index (κ3) is 6.47. The molecule has 12 nitrogen and oxygen atoms in total. The van der Waals surface area contributed by atoms with Gasteiger partial charge in [0.1, 0.15) is 41.1 Å². The number of halogens is 3. The lowest BCUT2D eigenvalue weighted by atomic mass is 9.91. The first-order valence-electron chi connectivity index (χ1n) is 17.2. The van der Waals surface area contributed by atoms with Crippen LogP contribution in [0.2, 0.25) is 5.02 Å². The SMILES string of the molecule is CC(C)(C)OC(=O)Nc1sc2c(F)ccc(-c3c4c(c5c(NCc6ccnnc6)nc(OC[C@@]67CCCN6C[C@H](F)C7)nc5c3Cl)COC4)c2c1C#N. The number of carbonyl (C=O) groups is 1. The average Bonchev–Trinajstić information content (AvgIpc) is 3.89. The van der Waals surface area contributed by atoms with Crippen LogP contribution in [0.5, 0.6) is 6.01 Å². The van der Waals surface area contributed by atoms with E-state index in [1.54, 1.807) is 39.2 Å². The maximum absolute atomic E-state index is 15.5. The molecule has 2 saturated heterocycles. The van der Waals surface area contributed by atoms with E-state index in [9.17, 15) is 14.4 Å². The molecule has 6 heterocycles. The molecule has 0 saturated carbocycles. The van der Waals surface area contributed by atoms with Crippen LogP contribution in [0.25, 0.3) is 32.1 Å². The lowest BCUT2D eigenvalue weighted by molar-refractivity contribution is 0.0636. The number of nitrogens with one attached hydrogen (secondary N) is 2. The van der Waals surface area contributed by atoms with E-state index in [0.717, 1.165) is 47.4 Å². The molecule has 0 unspecified atom stereocenters. The lowest BCUT2D eigenvalue weighted by Crippen LogP contribution is -2.43. The van der Waals surface area contributed by atoms with E-state index in [0.29, 0.717) is 47.4 Å². The Labute approximate surface area is 312 Å². The van der Waals surface area contributed by atoms with E-state index in [2.05, 4.69) is 31.8 Å². The topological polar surface area (TPSA) is 147 Å². The van der Waals surface area contributed by atoms with Crippen LogP contribution in [-0.2, 0) is 29.2 Å². The standard InChI is InChI=1S/C37H35ClF2N8O4S/c1-36(2,3)52-35(49)47-33-22(12-41)27-21(5-6-25(40)31(27)53-33)26-23-16-50-17-24(23)28-30(29(26)38)45-34(46-32(28)42-13-19-7-9-43-44-14-19)51-18-37-8-4-10-48(37)15-20(39)11-37/h5-7,9,14,20H,4,8,10-11,13,15-18H2,1-3H3,(H,47,49)(H,42,45,46)/t20-,37+/m1/s1. The molecule has 0 spiro atoms. The molecule has 8 rings (SSSR count). The van der Waals surface area contributed by atoms with Gasteiger partial charge in [-0.05, 0) is 74.5 Å². The molecule has 5 aromatic rings. The van der Waals surface area contributed by atoms with Crippen LogP contribution in [-0.4, -0.2) is 68.2 Å². The Balaban J connectivity index is 1.28. The number of alkyl halides is 1. The monoisotopic (exact) mass is 760 g/mol. The van der Waals surface area contributed by atoms with Crippen molar-refractivity contribution in [3.63, 3.8) is 0 Å². The molecule has 3 aliphatic rings. The van der Waals surface area contributed by atoms with Gasteiger partial charge < -0.3 is 19.5 Å². The van der Waals surface area contributed by atoms with Crippen molar-refractivity contribution in [1.82, 2.24) is 25.1 Å². The van der Waals surface area contributed by atoms with Gasteiger partial charge in [-0.1, -0.05) is 17.7 Å². The quantitative estimate of drug-likeness (QED) is 0.159. The van der Waals surface area contributed by atoms with Gasteiger partial charge in [0.15, 0.2) is 0 Å². The smallest absolute Gasteiger partial charge is 0.412 e. The molecule has 3 aromatic heterocycles. The highest BCUT2D eigenvalue weighted by atomic mass is 35.5. The number of thiophene rings is 1. The first kappa shape index (κ1) is 35.3. The van der Waals surface area contributed by atoms with Crippen LogP contribution < -0.4 is 15.4 Å². The third-order valence-corrected chi connectivity index (χ3v) is 11.4. The fourth-order valence-electron chi connectivity index (χ4n) is 7.71. The van der Waals surface area contributed by atoms with Gasteiger partial charge in [0.2, 0.25) is 0 Å². The number of carbonyl (C=O) groups excluding carboxylic acids is 1. The van der Waals surface area contributed by atoms with Crippen molar-refractivity contribution in [3.8, 4) is 23.2 Å². The van der Waals surface area contributed by atoms with Crippen molar-refractivity contribution >= 4 is 60.8 Å². The molecule has 0 bridgehead atoms. The molecular weight excluding hydrogens is 726 g/mol. The zero-order valence-electron chi connectivity index (χ0n) is 29.2. The van der Waals surface area contributed by atoms with Crippen LogP contribution in [0.4, 0.5) is 24.4 Å². The number of aromatic nitrogens is 4. The van der Waals surface area contributed by atoms with Crippen molar-refractivity contribution in [3.05, 3.63) is 63.7 Å². The van der Waals surface area contributed by atoms with E-state index in [1.807, 2.05) is 6.07 Å². The van der Waals surface area contributed by atoms with Crippen molar-refractivity contribution in [2.75, 3.05) is 30.3 Å². The van der Waals surface area contributed by atoms with Crippen LogP contribution in [0, 0.1) is 17.1 Å². The van der Waals surface area contributed by atoms with Crippen LogP contribution in [0.15, 0.2) is 30.6 Å². The number of fused-ring (bicyclic) bond motifs is 5. The maximum Gasteiger partial charge on any atom is 0.412 e. The Bertz CT molecular complexity index is 2310. The summed E-state index contributed by atoms with van der Waals surface area (Å²) in [5, 5.41) is 25.6. The minimum Gasteiger partial charge on any atom is -0.461 e. The number of anilines is 2. The second-order valence-electron chi connectivity index (χ2n) is 14.5. The van der Waals surface area contributed by atoms with Crippen LogP contribution in [0.3, 0.4) is 0 Å². The van der Waals surface area contributed by atoms with Crippen molar-refractivity contribution in [1.29, 1.82) is 5.26 Å². The summed E-state index contributed by atoms with van der Waals surface area (Å²) in [4.78, 5) is 24.6. The minimum atomic E-state index is -0.926. The number of nitrogens with zero attached hydrogens (tertiary/aromatic N) is 6. The number of hydrogen-bond donors (Lipinski definition) is 2. The van der Waals surface area contributed by atoms with Gasteiger partial charge in [-0.3, -0.25) is 10.2 Å². The van der Waals surface area contributed by atoms with E-state index >= 15 is 4.39 Å². The molecule has 2 fully saturated rings. The van der Waals surface area contributed by atoms with E-state index in [4.69, 9.17) is 35.8 Å². The minimum absolute atomic E-state index is 0.0597. The van der Waals surface area contributed by atoms with Gasteiger partial charge in [-0.15, -0.1) is 11.3 Å². The summed E-state index contributed by atoms with van der Waals surface area (Å²) in [6.45, 7) is 7.31.